The normalized spacial score (nSPS) is 18.9. The first-order valence-corrected chi connectivity index (χ1v) is 6.55. The van der Waals surface area contributed by atoms with Crippen LogP contribution >= 0.6 is 24.0 Å². The average molecular weight is 228 g/mol. The van der Waals surface area contributed by atoms with Crippen molar-refractivity contribution in [3.8, 4) is 0 Å². The van der Waals surface area contributed by atoms with Gasteiger partial charge in [0, 0.05) is 29.9 Å². The van der Waals surface area contributed by atoms with Gasteiger partial charge >= 0.3 is 0 Å². The number of nitrogens with zero attached hydrogens (tertiary/aromatic N) is 2. The summed E-state index contributed by atoms with van der Waals surface area (Å²) in [6, 6.07) is 0. The molecule has 14 heavy (non-hydrogen) atoms. The molecule has 2 nitrogen and oxygen atoms in total. The smallest absolute Gasteiger partial charge is 0.185 e. The van der Waals surface area contributed by atoms with Crippen molar-refractivity contribution < 1.29 is 0 Å². The lowest BCUT2D eigenvalue weighted by molar-refractivity contribution is 0.438. The monoisotopic (exact) mass is 228 g/mol. The van der Waals surface area contributed by atoms with Crippen LogP contribution in [0.15, 0.2) is 6.20 Å². The molecule has 0 aromatic carbocycles. The highest BCUT2D eigenvalue weighted by Gasteiger charge is 2.17. The topological polar surface area (TPSA) is 16.1 Å². The molecule has 4 heteroatoms. The SMILES string of the molecule is CC1CCN(c2ncc(CS)s2)CC1. The van der Waals surface area contributed by atoms with Gasteiger partial charge in [-0.15, -0.1) is 11.3 Å². The Hall–Kier alpha value is -0.220. The van der Waals surface area contributed by atoms with Crippen molar-refractivity contribution in [1.82, 2.24) is 4.98 Å². The molecule has 1 fully saturated rings. The lowest BCUT2D eigenvalue weighted by Gasteiger charge is -2.29. The van der Waals surface area contributed by atoms with Crippen molar-refractivity contribution in [1.29, 1.82) is 0 Å². The van der Waals surface area contributed by atoms with Gasteiger partial charge in [-0.1, -0.05) is 6.92 Å². The number of hydrogen-bond acceptors (Lipinski definition) is 4. The van der Waals surface area contributed by atoms with Gasteiger partial charge in [-0.25, -0.2) is 4.98 Å². The highest BCUT2D eigenvalue weighted by Crippen LogP contribution is 2.27. The first-order valence-electron chi connectivity index (χ1n) is 5.10. The van der Waals surface area contributed by atoms with Crippen molar-refractivity contribution in [2.24, 2.45) is 5.92 Å². The number of anilines is 1. The number of thiol groups is 1. The van der Waals surface area contributed by atoms with Gasteiger partial charge in [0.05, 0.1) is 0 Å². The van der Waals surface area contributed by atoms with E-state index in [-0.39, 0.29) is 0 Å². The molecule has 0 bridgehead atoms. The Balaban J connectivity index is 2.01. The van der Waals surface area contributed by atoms with Gasteiger partial charge in [0.2, 0.25) is 0 Å². The van der Waals surface area contributed by atoms with Crippen molar-refractivity contribution in [3.05, 3.63) is 11.1 Å². The van der Waals surface area contributed by atoms with Crippen LogP contribution in [0, 0.1) is 5.92 Å². The lowest BCUT2D eigenvalue weighted by Crippen LogP contribution is -2.32. The quantitative estimate of drug-likeness (QED) is 0.784. The van der Waals surface area contributed by atoms with Gasteiger partial charge in [-0.3, -0.25) is 0 Å². The molecule has 0 aliphatic carbocycles. The van der Waals surface area contributed by atoms with Crippen LogP contribution in [0.5, 0.6) is 0 Å². The summed E-state index contributed by atoms with van der Waals surface area (Å²) in [6.45, 7) is 4.67. The van der Waals surface area contributed by atoms with Gasteiger partial charge in [-0.2, -0.15) is 12.6 Å². The molecule has 1 aromatic rings. The minimum atomic E-state index is 0.807. The minimum absolute atomic E-state index is 0.807. The zero-order valence-corrected chi connectivity index (χ0v) is 10.2. The highest BCUT2D eigenvalue weighted by molar-refractivity contribution is 7.79. The van der Waals surface area contributed by atoms with Gasteiger partial charge in [-0.05, 0) is 18.8 Å². The lowest BCUT2D eigenvalue weighted by atomic mass is 10.00. The predicted molar refractivity (Wildman–Crippen MR) is 65.4 cm³/mol. The molecular weight excluding hydrogens is 212 g/mol. The minimum Gasteiger partial charge on any atom is -0.348 e. The summed E-state index contributed by atoms with van der Waals surface area (Å²) in [5, 5.41) is 1.18. The van der Waals surface area contributed by atoms with Crippen LogP contribution in [0.1, 0.15) is 24.6 Å². The van der Waals surface area contributed by atoms with Crippen molar-refractivity contribution in [2.75, 3.05) is 18.0 Å². The number of hydrogen-bond donors (Lipinski definition) is 1. The van der Waals surface area contributed by atoms with E-state index in [4.69, 9.17) is 0 Å². The molecule has 0 saturated carbocycles. The fourth-order valence-electron chi connectivity index (χ4n) is 1.72. The Morgan fingerprint density at radius 3 is 2.86 bits per heavy atom. The van der Waals surface area contributed by atoms with Crippen LogP contribution in [-0.2, 0) is 5.75 Å². The Kier molecular flexibility index (Phi) is 3.34. The molecule has 2 heterocycles. The second-order valence-corrected chi connectivity index (χ2v) is 5.35. The van der Waals surface area contributed by atoms with Crippen LogP contribution in [0.2, 0.25) is 0 Å². The van der Waals surface area contributed by atoms with Gasteiger partial charge in [0.1, 0.15) is 0 Å². The second kappa shape index (κ2) is 4.53. The molecular formula is C10H16N2S2. The second-order valence-electron chi connectivity index (χ2n) is 3.94. The number of rotatable bonds is 2. The number of aromatic nitrogens is 1. The maximum Gasteiger partial charge on any atom is 0.185 e. The molecule has 0 atom stereocenters. The van der Waals surface area contributed by atoms with E-state index in [0.717, 1.165) is 11.7 Å². The molecule has 1 aliphatic rings. The predicted octanol–water partition coefficient (Wildman–Crippen LogP) is 2.81. The summed E-state index contributed by atoms with van der Waals surface area (Å²) in [5.41, 5.74) is 0. The summed E-state index contributed by atoms with van der Waals surface area (Å²) in [4.78, 5) is 8.10. The Bertz CT molecular complexity index is 290. The van der Waals surface area contributed by atoms with Crippen molar-refractivity contribution >= 4 is 29.1 Å². The average Bonchev–Trinajstić information content (AvgIpc) is 2.67. The van der Waals surface area contributed by atoms with Gasteiger partial charge < -0.3 is 4.90 Å². The van der Waals surface area contributed by atoms with E-state index < -0.39 is 0 Å². The molecule has 0 N–H and O–H groups in total. The summed E-state index contributed by atoms with van der Waals surface area (Å²) in [7, 11) is 0. The fraction of sp³-hybridized carbons (Fsp3) is 0.700. The van der Waals surface area contributed by atoms with E-state index in [1.165, 1.54) is 35.9 Å². The molecule has 0 radical (unpaired) electrons. The molecule has 1 aromatic heterocycles. The van der Waals surface area contributed by atoms with Crippen molar-refractivity contribution in [2.45, 2.75) is 25.5 Å². The molecule has 78 valence electrons. The third-order valence-electron chi connectivity index (χ3n) is 2.75. The van der Waals surface area contributed by atoms with Crippen LogP contribution < -0.4 is 4.90 Å². The van der Waals surface area contributed by atoms with E-state index in [0.29, 0.717) is 0 Å². The van der Waals surface area contributed by atoms with E-state index >= 15 is 0 Å². The standard InChI is InChI=1S/C10H16N2S2/c1-8-2-4-12(5-3-8)10-11-6-9(7-13)14-10/h6,8,13H,2-5,7H2,1H3. The Morgan fingerprint density at radius 2 is 2.29 bits per heavy atom. The van der Waals surface area contributed by atoms with E-state index in [9.17, 15) is 0 Å². The van der Waals surface area contributed by atoms with Crippen LogP contribution in [0.3, 0.4) is 0 Å². The summed E-state index contributed by atoms with van der Waals surface area (Å²) >= 11 is 6.03. The maximum absolute atomic E-state index is 4.43. The Morgan fingerprint density at radius 1 is 1.57 bits per heavy atom. The van der Waals surface area contributed by atoms with Crippen LogP contribution in [-0.4, -0.2) is 18.1 Å². The molecule has 2 rings (SSSR count). The fourth-order valence-corrected chi connectivity index (χ4v) is 2.81. The van der Waals surface area contributed by atoms with E-state index in [1.54, 1.807) is 11.3 Å². The van der Waals surface area contributed by atoms with Crippen molar-refractivity contribution in [3.63, 3.8) is 0 Å². The zero-order chi connectivity index (χ0) is 9.97. The summed E-state index contributed by atoms with van der Waals surface area (Å²) < 4.78 is 0. The third kappa shape index (κ3) is 2.23. The Labute approximate surface area is 94.8 Å². The first kappa shape index (κ1) is 10.3. The molecule has 1 saturated heterocycles. The largest absolute Gasteiger partial charge is 0.348 e. The van der Waals surface area contributed by atoms with Crippen LogP contribution in [0.25, 0.3) is 0 Å². The maximum atomic E-state index is 4.43. The molecule has 1 aliphatic heterocycles. The first-order chi connectivity index (χ1) is 6.79. The van der Waals surface area contributed by atoms with Gasteiger partial charge in [0.15, 0.2) is 5.13 Å². The van der Waals surface area contributed by atoms with E-state index in [2.05, 4.69) is 29.4 Å². The summed E-state index contributed by atoms with van der Waals surface area (Å²) in [6.07, 6.45) is 4.55. The number of thiazole rings is 1. The van der Waals surface area contributed by atoms with E-state index in [1.807, 2.05) is 6.20 Å². The highest BCUT2D eigenvalue weighted by atomic mass is 32.1. The summed E-state index contributed by atoms with van der Waals surface area (Å²) in [5.74, 6) is 1.69. The number of piperidine rings is 1. The van der Waals surface area contributed by atoms with Gasteiger partial charge in [0.25, 0.3) is 0 Å². The molecule has 0 spiro atoms. The zero-order valence-electron chi connectivity index (χ0n) is 8.44. The molecule has 0 unspecified atom stereocenters. The third-order valence-corrected chi connectivity index (χ3v) is 4.36. The van der Waals surface area contributed by atoms with Crippen LogP contribution in [0.4, 0.5) is 5.13 Å². The molecule has 0 amide bonds.